The van der Waals surface area contributed by atoms with E-state index in [0.29, 0.717) is 42.7 Å². The third-order valence-electron chi connectivity index (χ3n) is 4.52. The molecule has 7 nitrogen and oxygen atoms in total. The van der Waals surface area contributed by atoms with E-state index in [1.54, 1.807) is 48.5 Å². The third-order valence-corrected chi connectivity index (χ3v) is 7.19. The monoisotopic (exact) mass is 429 g/mol. The number of anilines is 1. The molecule has 0 spiro atoms. The van der Waals surface area contributed by atoms with Crippen LogP contribution in [-0.2, 0) is 14.8 Å². The number of sulfonamides is 1. The normalized spacial score (nSPS) is 15.2. The average Bonchev–Trinajstić information content (AvgIpc) is 3.23. The Labute approximate surface area is 173 Å². The van der Waals surface area contributed by atoms with Crippen molar-refractivity contribution in [3.8, 4) is 11.3 Å². The highest BCUT2D eigenvalue weighted by Crippen LogP contribution is 2.27. The fraction of sp³-hybridized carbons (Fsp3) is 0.200. The van der Waals surface area contributed by atoms with Gasteiger partial charge in [0, 0.05) is 29.6 Å². The van der Waals surface area contributed by atoms with Gasteiger partial charge < -0.3 is 4.74 Å². The lowest BCUT2D eigenvalue weighted by atomic mass is 10.2. The largest absolute Gasteiger partial charge is 0.379 e. The summed E-state index contributed by atoms with van der Waals surface area (Å²) in [6.07, 6.45) is 0. The standard InChI is InChI=1S/C20H19N3O4S2/c24-19(16-4-2-1-3-5-16)22-20-21-18(14-28-20)15-6-8-17(9-7-15)29(25,26)23-10-12-27-13-11-23/h1-9,14H,10-13H2,(H,21,22,24). The number of nitrogens with one attached hydrogen (secondary N) is 1. The van der Waals surface area contributed by atoms with E-state index in [9.17, 15) is 13.2 Å². The average molecular weight is 430 g/mol. The number of morpholine rings is 1. The molecule has 1 aromatic heterocycles. The number of nitrogens with zero attached hydrogens (tertiary/aromatic N) is 2. The molecular formula is C20H19N3O4S2. The highest BCUT2D eigenvalue weighted by atomic mass is 32.2. The maximum Gasteiger partial charge on any atom is 0.257 e. The van der Waals surface area contributed by atoms with E-state index >= 15 is 0 Å². The summed E-state index contributed by atoms with van der Waals surface area (Å²) in [5, 5.41) is 5.09. The summed E-state index contributed by atoms with van der Waals surface area (Å²) in [6.45, 7) is 1.54. The van der Waals surface area contributed by atoms with Crippen LogP contribution in [0.4, 0.5) is 5.13 Å². The third kappa shape index (κ3) is 4.38. The first-order chi connectivity index (χ1) is 14.0. The van der Waals surface area contributed by atoms with Crippen LogP contribution < -0.4 is 5.32 Å². The molecule has 1 amide bonds. The van der Waals surface area contributed by atoms with Gasteiger partial charge in [-0.1, -0.05) is 30.3 Å². The lowest BCUT2D eigenvalue weighted by Crippen LogP contribution is -2.40. The van der Waals surface area contributed by atoms with Crippen molar-refractivity contribution in [2.45, 2.75) is 4.90 Å². The lowest BCUT2D eigenvalue weighted by molar-refractivity contribution is 0.0730. The van der Waals surface area contributed by atoms with Gasteiger partial charge in [-0.2, -0.15) is 4.31 Å². The number of benzene rings is 2. The van der Waals surface area contributed by atoms with Crippen LogP contribution in [0.5, 0.6) is 0 Å². The van der Waals surface area contributed by atoms with Crippen LogP contribution in [0.15, 0.2) is 64.9 Å². The van der Waals surface area contributed by atoms with Crippen LogP contribution in [-0.4, -0.2) is 49.9 Å². The Bertz CT molecular complexity index is 1090. The number of ether oxygens (including phenoxy) is 1. The summed E-state index contributed by atoms with van der Waals surface area (Å²) < 4.78 is 32.1. The Morgan fingerprint density at radius 1 is 1.03 bits per heavy atom. The molecule has 0 saturated carbocycles. The summed E-state index contributed by atoms with van der Waals surface area (Å²) in [6, 6.07) is 15.5. The molecule has 2 aromatic carbocycles. The number of carbonyl (C=O) groups is 1. The topological polar surface area (TPSA) is 88.6 Å². The first kappa shape index (κ1) is 19.7. The number of hydrogen-bond donors (Lipinski definition) is 1. The molecule has 0 radical (unpaired) electrons. The highest BCUT2D eigenvalue weighted by molar-refractivity contribution is 7.89. The lowest BCUT2D eigenvalue weighted by Gasteiger charge is -2.26. The van der Waals surface area contributed by atoms with Gasteiger partial charge in [-0.05, 0) is 24.3 Å². The Hall–Kier alpha value is -2.59. The second kappa shape index (κ2) is 8.42. The van der Waals surface area contributed by atoms with Crippen molar-refractivity contribution < 1.29 is 17.9 Å². The molecule has 0 aliphatic carbocycles. The van der Waals surface area contributed by atoms with Crippen LogP contribution in [0.25, 0.3) is 11.3 Å². The van der Waals surface area contributed by atoms with Crippen LogP contribution in [0.2, 0.25) is 0 Å². The van der Waals surface area contributed by atoms with Crippen LogP contribution in [0.3, 0.4) is 0 Å². The fourth-order valence-corrected chi connectivity index (χ4v) is 5.08. The zero-order chi connectivity index (χ0) is 20.3. The van der Waals surface area contributed by atoms with Gasteiger partial charge in [-0.15, -0.1) is 11.3 Å². The smallest absolute Gasteiger partial charge is 0.257 e. The van der Waals surface area contributed by atoms with Gasteiger partial charge in [0.2, 0.25) is 10.0 Å². The molecule has 29 heavy (non-hydrogen) atoms. The Balaban J connectivity index is 1.48. The minimum Gasteiger partial charge on any atom is -0.379 e. The molecule has 3 aromatic rings. The van der Waals surface area contributed by atoms with Gasteiger partial charge >= 0.3 is 0 Å². The predicted molar refractivity (Wildman–Crippen MR) is 112 cm³/mol. The number of hydrogen-bond acceptors (Lipinski definition) is 6. The fourth-order valence-electron chi connectivity index (χ4n) is 2.96. The Kier molecular flexibility index (Phi) is 5.72. The van der Waals surface area contributed by atoms with Crippen molar-refractivity contribution in [1.82, 2.24) is 9.29 Å². The summed E-state index contributed by atoms with van der Waals surface area (Å²) in [5.74, 6) is -0.224. The maximum absolute atomic E-state index is 12.7. The van der Waals surface area contributed by atoms with Gasteiger partial charge in [0.1, 0.15) is 0 Å². The van der Waals surface area contributed by atoms with Crippen LogP contribution >= 0.6 is 11.3 Å². The van der Waals surface area contributed by atoms with E-state index in [4.69, 9.17) is 4.74 Å². The minimum absolute atomic E-state index is 0.224. The molecule has 0 atom stereocenters. The van der Waals surface area contributed by atoms with Crippen molar-refractivity contribution in [2.24, 2.45) is 0 Å². The Morgan fingerprint density at radius 2 is 1.72 bits per heavy atom. The molecule has 1 aliphatic rings. The molecule has 0 unspecified atom stereocenters. The van der Waals surface area contributed by atoms with Gasteiger partial charge in [0.05, 0.1) is 23.8 Å². The van der Waals surface area contributed by atoms with Crippen LogP contribution in [0.1, 0.15) is 10.4 Å². The molecule has 2 heterocycles. The molecule has 9 heteroatoms. The van der Waals surface area contributed by atoms with Crippen LogP contribution in [0, 0.1) is 0 Å². The zero-order valence-electron chi connectivity index (χ0n) is 15.4. The summed E-state index contributed by atoms with van der Waals surface area (Å²) in [5.41, 5.74) is 2.01. The van der Waals surface area contributed by atoms with Crippen molar-refractivity contribution in [2.75, 3.05) is 31.6 Å². The maximum atomic E-state index is 12.7. The quantitative estimate of drug-likeness (QED) is 0.673. The second-order valence-corrected chi connectivity index (χ2v) is 9.19. The van der Waals surface area contributed by atoms with Gasteiger partial charge in [0.25, 0.3) is 5.91 Å². The van der Waals surface area contributed by atoms with Gasteiger partial charge in [-0.3, -0.25) is 10.1 Å². The molecule has 1 N–H and O–H groups in total. The van der Waals surface area contributed by atoms with Crippen molar-refractivity contribution in [1.29, 1.82) is 0 Å². The van der Waals surface area contributed by atoms with E-state index in [0.717, 1.165) is 5.56 Å². The first-order valence-corrected chi connectivity index (χ1v) is 11.4. The Morgan fingerprint density at radius 3 is 2.41 bits per heavy atom. The molecular weight excluding hydrogens is 410 g/mol. The number of rotatable bonds is 5. The number of amides is 1. The first-order valence-electron chi connectivity index (χ1n) is 9.04. The second-order valence-electron chi connectivity index (χ2n) is 6.40. The molecule has 0 bridgehead atoms. The van der Waals surface area contributed by atoms with Crippen molar-refractivity contribution in [3.63, 3.8) is 0 Å². The summed E-state index contributed by atoms with van der Waals surface area (Å²) >= 11 is 1.32. The zero-order valence-corrected chi connectivity index (χ0v) is 17.1. The van der Waals surface area contributed by atoms with E-state index in [1.165, 1.54) is 15.6 Å². The SMILES string of the molecule is O=C(Nc1nc(-c2ccc(S(=O)(=O)N3CCOCC3)cc2)cs1)c1ccccc1. The highest BCUT2D eigenvalue weighted by Gasteiger charge is 2.26. The van der Waals surface area contributed by atoms with E-state index in [-0.39, 0.29) is 10.8 Å². The van der Waals surface area contributed by atoms with Gasteiger partial charge in [0.15, 0.2) is 5.13 Å². The van der Waals surface area contributed by atoms with E-state index < -0.39 is 10.0 Å². The number of carbonyl (C=O) groups excluding carboxylic acids is 1. The van der Waals surface area contributed by atoms with Gasteiger partial charge in [-0.25, -0.2) is 13.4 Å². The number of aromatic nitrogens is 1. The molecule has 150 valence electrons. The van der Waals surface area contributed by atoms with Crippen molar-refractivity contribution in [3.05, 3.63) is 65.5 Å². The van der Waals surface area contributed by atoms with E-state index in [2.05, 4.69) is 10.3 Å². The van der Waals surface area contributed by atoms with Crippen molar-refractivity contribution >= 4 is 32.4 Å². The summed E-state index contributed by atoms with van der Waals surface area (Å²) in [4.78, 5) is 16.9. The predicted octanol–water partition coefficient (Wildman–Crippen LogP) is 3.08. The van der Waals surface area contributed by atoms with E-state index in [1.807, 2.05) is 11.4 Å². The summed E-state index contributed by atoms with van der Waals surface area (Å²) in [7, 11) is -3.52. The minimum atomic E-state index is -3.52. The number of thiazole rings is 1. The molecule has 4 rings (SSSR count). The molecule has 1 aliphatic heterocycles. The molecule has 1 fully saturated rings. The molecule has 1 saturated heterocycles.